The predicted molar refractivity (Wildman–Crippen MR) is 145 cm³/mol. The van der Waals surface area contributed by atoms with Crippen LogP contribution in [0.4, 0.5) is 32.0 Å². The van der Waals surface area contributed by atoms with Gasteiger partial charge in [-0.1, -0.05) is 42.5 Å². The molecule has 1 amide bonds. The van der Waals surface area contributed by atoms with E-state index in [1.54, 1.807) is 0 Å². The number of rotatable bonds is 4. The quantitative estimate of drug-likeness (QED) is 0.317. The molecular weight excluding hydrogens is 544 g/mol. The fourth-order valence-electron chi connectivity index (χ4n) is 5.83. The van der Waals surface area contributed by atoms with E-state index in [-0.39, 0.29) is 31.0 Å². The van der Waals surface area contributed by atoms with E-state index in [4.69, 9.17) is 0 Å². The summed E-state index contributed by atoms with van der Waals surface area (Å²) in [6, 6.07) is 19.0. The maximum absolute atomic E-state index is 13.4. The first-order chi connectivity index (χ1) is 19.4. The van der Waals surface area contributed by atoms with E-state index in [0.29, 0.717) is 18.6 Å². The van der Waals surface area contributed by atoms with Gasteiger partial charge in [-0.2, -0.15) is 26.3 Å². The van der Waals surface area contributed by atoms with Gasteiger partial charge in [0.05, 0.1) is 11.1 Å². The van der Waals surface area contributed by atoms with E-state index < -0.39 is 35.0 Å². The Morgan fingerprint density at radius 1 is 0.707 bits per heavy atom. The molecular formula is C31H31F6N3O. The number of carbonyl (C=O) groups excluding carboxylic acids is 1. The van der Waals surface area contributed by atoms with Gasteiger partial charge >= 0.3 is 12.4 Å². The highest BCUT2D eigenvalue weighted by atomic mass is 19.4. The second-order valence-electron chi connectivity index (χ2n) is 10.8. The highest BCUT2D eigenvalue weighted by molar-refractivity contribution is 5.95. The Labute approximate surface area is 235 Å². The molecule has 0 aromatic heterocycles. The average Bonchev–Trinajstić information content (AvgIpc) is 2.96. The minimum atomic E-state index is -5.02. The summed E-state index contributed by atoms with van der Waals surface area (Å²) < 4.78 is 80.6. The average molecular weight is 576 g/mol. The number of piperidine rings is 1. The second kappa shape index (κ2) is 11.4. The zero-order valence-electron chi connectivity index (χ0n) is 22.6. The molecule has 218 valence electrons. The molecule has 2 aliphatic heterocycles. The zero-order valence-corrected chi connectivity index (χ0v) is 22.6. The molecule has 0 N–H and O–H groups in total. The lowest BCUT2D eigenvalue weighted by atomic mass is 9.76. The lowest BCUT2D eigenvalue weighted by Gasteiger charge is -2.40. The first-order valence-electron chi connectivity index (χ1n) is 13.6. The summed E-state index contributed by atoms with van der Waals surface area (Å²) in [5, 5.41) is 0. The number of nitrogens with zero attached hydrogens (tertiary/aromatic N) is 3. The van der Waals surface area contributed by atoms with Gasteiger partial charge < -0.3 is 14.7 Å². The van der Waals surface area contributed by atoms with Gasteiger partial charge in [0.15, 0.2) is 0 Å². The third-order valence-electron chi connectivity index (χ3n) is 8.15. The summed E-state index contributed by atoms with van der Waals surface area (Å²) in [7, 11) is 2.10. The molecule has 2 aliphatic rings. The minimum absolute atomic E-state index is 0.0234. The first kappa shape index (κ1) is 29.0. The largest absolute Gasteiger partial charge is 0.416 e. The second-order valence-corrected chi connectivity index (χ2v) is 10.8. The smallest absolute Gasteiger partial charge is 0.369 e. The summed E-state index contributed by atoms with van der Waals surface area (Å²) in [6.07, 6.45) is -9.53. The fraction of sp³-hybridized carbons (Fsp3) is 0.387. The van der Waals surface area contributed by atoms with Crippen molar-refractivity contribution in [1.82, 2.24) is 9.80 Å². The van der Waals surface area contributed by atoms with Crippen molar-refractivity contribution >= 4 is 11.6 Å². The van der Waals surface area contributed by atoms with Crippen LogP contribution in [-0.4, -0.2) is 62.0 Å². The fourth-order valence-corrected chi connectivity index (χ4v) is 5.83. The normalized spacial score (nSPS) is 20.8. The summed E-state index contributed by atoms with van der Waals surface area (Å²) in [5.74, 6) is -1.00. The van der Waals surface area contributed by atoms with E-state index in [1.165, 1.54) is 4.90 Å². The number of piperazine rings is 1. The van der Waals surface area contributed by atoms with E-state index in [0.717, 1.165) is 43.0 Å². The summed E-state index contributed by atoms with van der Waals surface area (Å²) in [5.41, 5.74) is -0.429. The van der Waals surface area contributed by atoms with Crippen LogP contribution < -0.4 is 4.90 Å². The van der Waals surface area contributed by atoms with Crippen LogP contribution >= 0.6 is 0 Å². The van der Waals surface area contributed by atoms with Gasteiger partial charge in [0, 0.05) is 56.4 Å². The number of hydrogen-bond acceptors (Lipinski definition) is 3. The monoisotopic (exact) mass is 575 g/mol. The Morgan fingerprint density at radius 2 is 1.27 bits per heavy atom. The molecule has 10 heteroatoms. The minimum Gasteiger partial charge on any atom is -0.369 e. The number of halogens is 6. The van der Waals surface area contributed by atoms with E-state index in [2.05, 4.69) is 41.1 Å². The van der Waals surface area contributed by atoms with Crippen molar-refractivity contribution in [2.75, 3.05) is 51.2 Å². The van der Waals surface area contributed by atoms with Crippen molar-refractivity contribution in [3.05, 3.63) is 101 Å². The number of benzene rings is 3. The van der Waals surface area contributed by atoms with E-state index in [1.807, 2.05) is 30.3 Å². The molecule has 3 aromatic carbocycles. The van der Waals surface area contributed by atoms with Crippen molar-refractivity contribution in [3.63, 3.8) is 0 Å². The Kier molecular flexibility index (Phi) is 8.05. The highest BCUT2D eigenvalue weighted by Crippen LogP contribution is 2.41. The van der Waals surface area contributed by atoms with Crippen molar-refractivity contribution in [2.24, 2.45) is 0 Å². The molecule has 3 aromatic rings. The van der Waals surface area contributed by atoms with Crippen molar-refractivity contribution in [3.8, 4) is 0 Å². The van der Waals surface area contributed by atoms with Gasteiger partial charge in [0.2, 0.25) is 0 Å². The molecule has 0 saturated carbocycles. The number of carbonyl (C=O) groups is 1. The molecule has 2 saturated heterocycles. The van der Waals surface area contributed by atoms with Crippen LogP contribution in [-0.2, 0) is 12.4 Å². The maximum atomic E-state index is 13.4. The van der Waals surface area contributed by atoms with Crippen molar-refractivity contribution in [1.29, 1.82) is 0 Å². The SMILES string of the molecule is CN1CCN(c2ccc([C@H]3CCN(C(=O)c4cc(C(F)(F)F)cc(C(F)(F)F)c4)C[C@H]3c3ccccc3)cc2)CC1. The number of alkyl halides is 6. The number of amides is 1. The van der Waals surface area contributed by atoms with Crippen LogP contribution in [0, 0.1) is 0 Å². The van der Waals surface area contributed by atoms with Gasteiger partial charge in [-0.3, -0.25) is 4.79 Å². The third-order valence-corrected chi connectivity index (χ3v) is 8.15. The van der Waals surface area contributed by atoms with Gasteiger partial charge in [-0.25, -0.2) is 0 Å². The number of likely N-dealkylation sites (tertiary alicyclic amines) is 1. The molecule has 0 radical (unpaired) electrons. The Bertz CT molecular complexity index is 1320. The molecule has 5 rings (SSSR count). The van der Waals surface area contributed by atoms with Crippen molar-refractivity contribution in [2.45, 2.75) is 30.6 Å². The van der Waals surface area contributed by atoms with Crippen LogP contribution in [0.15, 0.2) is 72.8 Å². The van der Waals surface area contributed by atoms with Crippen LogP contribution in [0.25, 0.3) is 0 Å². The van der Waals surface area contributed by atoms with Crippen LogP contribution in [0.1, 0.15) is 50.9 Å². The van der Waals surface area contributed by atoms with Crippen LogP contribution in [0.3, 0.4) is 0 Å². The van der Waals surface area contributed by atoms with Gasteiger partial charge in [-0.05, 0) is 60.8 Å². The molecule has 41 heavy (non-hydrogen) atoms. The number of likely N-dealkylation sites (N-methyl/N-ethyl adjacent to an activating group) is 1. The summed E-state index contributed by atoms with van der Waals surface area (Å²) >= 11 is 0. The molecule has 0 unspecified atom stereocenters. The molecule has 0 bridgehead atoms. The Morgan fingerprint density at radius 3 is 1.83 bits per heavy atom. The zero-order chi connectivity index (χ0) is 29.4. The standard InChI is InChI=1S/C31H31F6N3O/c1-38-13-15-39(16-14-38)26-9-7-22(8-10-26)27-11-12-40(20-28(27)21-5-3-2-4-6-21)29(41)23-17-24(30(32,33)34)19-25(18-23)31(35,36)37/h2-10,17-19,27-28H,11-16,20H2,1H3/t27-,28+/m1/s1. The Balaban J connectivity index is 1.41. The molecule has 2 heterocycles. The lowest BCUT2D eigenvalue weighted by Crippen LogP contribution is -2.44. The van der Waals surface area contributed by atoms with Gasteiger partial charge in [-0.15, -0.1) is 0 Å². The maximum Gasteiger partial charge on any atom is 0.416 e. The Hall–Kier alpha value is -3.53. The highest BCUT2D eigenvalue weighted by Gasteiger charge is 2.39. The molecule has 4 nitrogen and oxygen atoms in total. The van der Waals surface area contributed by atoms with Crippen LogP contribution in [0.5, 0.6) is 0 Å². The summed E-state index contributed by atoms with van der Waals surface area (Å²) in [4.78, 5) is 19.4. The molecule has 0 spiro atoms. The van der Waals surface area contributed by atoms with Gasteiger partial charge in [0.1, 0.15) is 0 Å². The van der Waals surface area contributed by atoms with Crippen LogP contribution in [0.2, 0.25) is 0 Å². The number of anilines is 1. The van der Waals surface area contributed by atoms with E-state index in [9.17, 15) is 31.1 Å². The first-order valence-corrected chi connectivity index (χ1v) is 13.6. The predicted octanol–water partition coefficient (Wildman–Crippen LogP) is 6.89. The van der Waals surface area contributed by atoms with Gasteiger partial charge in [0.25, 0.3) is 5.91 Å². The van der Waals surface area contributed by atoms with E-state index >= 15 is 0 Å². The summed E-state index contributed by atoms with van der Waals surface area (Å²) in [6.45, 7) is 4.24. The topological polar surface area (TPSA) is 26.8 Å². The van der Waals surface area contributed by atoms with Crippen molar-refractivity contribution < 1.29 is 31.1 Å². The molecule has 0 aliphatic carbocycles. The number of hydrogen-bond donors (Lipinski definition) is 0. The molecule has 2 atom stereocenters. The third kappa shape index (κ3) is 6.53. The molecule has 2 fully saturated rings. The lowest BCUT2D eigenvalue weighted by molar-refractivity contribution is -0.143.